The number of allylic oxidation sites excluding steroid dienone is 13. The molecule has 378 valence electrons. The largest absolute Gasteiger partial charge is 0.394 e. The molecule has 0 saturated carbocycles. The molecule has 2 rings (SSSR count). The predicted octanol–water partition coefficient (Wildman–Crippen LogP) is 6.21. The van der Waals surface area contributed by atoms with Crippen LogP contribution in [0.3, 0.4) is 0 Å². The number of hydrogen-bond acceptors (Lipinski definition) is 13. The van der Waals surface area contributed by atoms with Crippen LogP contribution in [0.25, 0.3) is 0 Å². The molecule has 1 amide bonds. The topological polar surface area (TPSA) is 228 Å². The molecule has 14 nitrogen and oxygen atoms in total. The van der Waals surface area contributed by atoms with E-state index in [0.717, 1.165) is 64.2 Å². The van der Waals surface area contributed by atoms with E-state index in [0.29, 0.717) is 12.8 Å². The summed E-state index contributed by atoms with van der Waals surface area (Å²) in [6.45, 7) is 2.58. The fraction of sp³-hybridized carbons (Fsp3) is 0.712. The number of aliphatic hydroxyl groups excluding tert-OH is 8. The van der Waals surface area contributed by atoms with Gasteiger partial charge in [0.1, 0.15) is 48.8 Å². The van der Waals surface area contributed by atoms with Gasteiger partial charge >= 0.3 is 0 Å². The van der Waals surface area contributed by atoms with E-state index in [1.165, 1.54) is 44.9 Å². The van der Waals surface area contributed by atoms with E-state index < -0.39 is 86.8 Å². The van der Waals surface area contributed by atoms with Crippen LogP contribution in [-0.4, -0.2) is 140 Å². The number of amides is 1. The summed E-state index contributed by atoms with van der Waals surface area (Å²) in [5, 5.41) is 86.6. The van der Waals surface area contributed by atoms with E-state index in [2.05, 4.69) is 92.1 Å². The van der Waals surface area contributed by atoms with Gasteiger partial charge in [-0.25, -0.2) is 0 Å². The van der Waals surface area contributed by atoms with Crippen molar-refractivity contribution in [2.24, 2.45) is 0 Å². The smallest absolute Gasteiger partial charge is 0.220 e. The lowest BCUT2D eigenvalue weighted by atomic mass is 9.97. The Bertz CT molecular complexity index is 1430. The third-order valence-corrected chi connectivity index (χ3v) is 11.5. The zero-order chi connectivity index (χ0) is 48.2. The SMILES string of the molecule is CC/C=C\C/C=C\C/C=C\C/C=C\CCCCC(=O)NC(COC1OC(CO)C(OC2OC(CO)C(O)C(O)C2O)C(O)C1O)C(O)/C=C/CC/C=C/CC/C=C/CCCCCCCCC. The molecule has 14 heteroatoms. The molecule has 0 aromatic rings. The van der Waals surface area contributed by atoms with Crippen LogP contribution in [0.1, 0.15) is 142 Å². The molecule has 0 bridgehead atoms. The van der Waals surface area contributed by atoms with Crippen LogP contribution in [-0.2, 0) is 23.7 Å². The normalized spacial score (nSPS) is 27.5. The third-order valence-electron chi connectivity index (χ3n) is 11.5. The van der Waals surface area contributed by atoms with Gasteiger partial charge in [0.2, 0.25) is 5.91 Å². The molecule has 9 N–H and O–H groups in total. The first-order valence-corrected chi connectivity index (χ1v) is 24.8. The van der Waals surface area contributed by atoms with E-state index in [1.807, 2.05) is 6.08 Å². The first kappa shape index (κ1) is 59.3. The van der Waals surface area contributed by atoms with Gasteiger partial charge in [-0.2, -0.15) is 0 Å². The number of hydrogen-bond donors (Lipinski definition) is 9. The molecule has 0 aromatic heterocycles. The monoisotopic (exact) mass is 934 g/mol. The van der Waals surface area contributed by atoms with Crippen LogP contribution in [0.2, 0.25) is 0 Å². The Labute approximate surface area is 395 Å². The van der Waals surface area contributed by atoms with Gasteiger partial charge in [0.15, 0.2) is 12.6 Å². The molecule has 2 aliphatic rings. The Kier molecular flexibility index (Phi) is 34.2. The fourth-order valence-corrected chi connectivity index (χ4v) is 7.49. The average molecular weight is 934 g/mol. The van der Waals surface area contributed by atoms with Gasteiger partial charge in [-0.05, 0) is 83.5 Å². The van der Waals surface area contributed by atoms with Crippen molar-refractivity contribution in [2.45, 2.75) is 216 Å². The van der Waals surface area contributed by atoms with Crippen molar-refractivity contribution in [3.63, 3.8) is 0 Å². The maximum atomic E-state index is 13.1. The molecule has 0 spiro atoms. The zero-order valence-electron chi connectivity index (χ0n) is 39.9. The second-order valence-electron chi connectivity index (χ2n) is 17.2. The third kappa shape index (κ3) is 25.0. The van der Waals surface area contributed by atoms with Gasteiger partial charge in [0.25, 0.3) is 0 Å². The summed E-state index contributed by atoms with van der Waals surface area (Å²) in [6, 6.07) is -0.963. The predicted molar refractivity (Wildman–Crippen MR) is 258 cm³/mol. The van der Waals surface area contributed by atoms with Crippen molar-refractivity contribution in [3.05, 3.63) is 85.1 Å². The highest BCUT2D eigenvalue weighted by Crippen LogP contribution is 2.30. The minimum absolute atomic E-state index is 0.213. The lowest BCUT2D eigenvalue weighted by molar-refractivity contribution is -0.359. The summed E-state index contributed by atoms with van der Waals surface area (Å²) in [6.07, 6.45) is 32.0. The van der Waals surface area contributed by atoms with Crippen LogP contribution >= 0.6 is 0 Å². The number of unbranched alkanes of at least 4 members (excludes halogenated alkanes) is 11. The maximum Gasteiger partial charge on any atom is 0.220 e. The molecule has 12 atom stereocenters. The van der Waals surface area contributed by atoms with Crippen LogP contribution < -0.4 is 5.32 Å². The minimum atomic E-state index is -1.80. The van der Waals surface area contributed by atoms with E-state index in [-0.39, 0.29) is 18.9 Å². The number of rotatable bonds is 36. The number of aliphatic hydroxyl groups is 8. The Morgan fingerprint density at radius 1 is 0.561 bits per heavy atom. The zero-order valence-corrected chi connectivity index (χ0v) is 39.9. The first-order valence-electron chi connectivity index (χ1n) is 24.8. The van der Waals surface area contributed by atoms with Crippen molar-refractivity contribution in [1.29, 1.82) is 0 Å². The summed E-state index contributed by atoms with van der Waals surface area (Å²) in [5.74, 6) is -0.299. The number of carbonyl (C=O) groups excluding carboxylic acids is 1. The number of nitrogens with one attached hydrogen (secondary N) is 1. The fourth-order valence-electron chi connectivity index (χ4n) is 7.49. The molecule has 0 aromatic carbocycles. The highest BCUT2D eigenvalue weighted by molar-refractivity contribution is 5.76. The van der Waals surface area contributed by atoms with Gasteiger partial charge in [-0.1, -0.05) is 137 Å². The molecule has 66 heavy (non-hydrogen) atoms. The van der Waals surface area contributed by atoms with Gasteiger partial charge in [-0.15, -0.1) is 0 Å². The summed E-state index contributed by atoms with van der Waals surface area (Å²) < 4.78 is 22.6. The Morgan fingerprint density at radius 2 is 1.06 bits per heavy atom. The van der Waals surface area contributed by atoms with E-state index in [9.17, 15) is 45.6 Å². The van der Waals surface area contributed by atoms with Gasteiger partial charge in [-0.3, -0.25) is 4.79 Å². The van der Waals surface area contributed by atoms with E-state index >= 15 is 0 Å². The molecular weight excluding hydrogens is 847 g/mol. The summed E-state index contributed by atoms with van der Waals surface area (Å²) in [4.78, 5) is 13.1. The van der Waals surface area contributed by atoms with E-state index in [1.54, 1.807) is 6.08 Å². The Hall–Kier alpha value is -2.83. The molecule has 0 aliphatic carbocycles. The van der Waals surface area contributed by atoms with Crippen molar-refractivity contribution in [2.75, 3.05) is 19.8 Å². The second-order valence-corrected chi connectivity index (χ2v) is 17.2. The molecule has 2 fully saturated rings. The molecular formula is C52H87NO13. The number of ether oxygens (including phenoxy) is 4. The molecule has 2 saturated heterocycles. The molecule has 12 unspecified atom stereocenters. The summed E-state index contributed by atoms with van der Waals surface area (Å²) >= 11 is 0. The van der Waals surface area contributed by atoms with Crippen LogP contribution in [0.4, 0.5) is 0 Å². The van der Waals surface area contributed by atoms with Crippen molar-refractivity contribution < 1.29 is 64.6 Å². The second kappa shape index (κ2) is 38.1. The van der Waals surface area contributed by atoms with Crippen LogP contribution in [0.5, 0.6) is 0 Å². The average Bonchev–Trinajstić information content (AvgIpc) is 3.31. The lowest BCUT2D eigenvalue weighted by Gasteiger charge is -2.46. The lowest BCUT2D eigenvalue weighted by Crippen LogP contribution is -2.65. The van der Waals surface area contributed by atoms with Gasteiger partial charge in [0.05, 0.1) is 32.0 Å². The van der Waals surface area contributed by atoms with Crippen molar-refractivity contribution in [1.82, 2.24) is 5.32 Å². The summed E-state index contributed by atoms with van der Waals surface area (Å²) in [5.41, 5.74) is 0. The molecule has 2 aliphatic heterocycles. The van der Waals surface area contributed by atoms with Crippen LogP contribution in [0, 0.1) is 0 Å². The standard InChI is InChI=1S/C52H87NO13/c1-3-5-7-9-11-13-15-17-19-20-22-23-25-27-29-31-33-35-41(56)40(53-44(57)36-34-32-30-28-26-24-21-18-16-14-12-10-8-6-4-2)39-63-51-49(62)47(60)50(43(38-55)65-51)66-52-48(61)46(59)45(58)42(37-54)64-52/h6,8,12,14,18-21,25-28,33,35,40-43,45-52,54-56,58-62H,3-5,7,9-11,13,15-17,22-24,29-32,34,36-39H2,1-2H3,(H,53,57)/b8-6-,14-12-,20-19+,21-18-,27-25+,28-26-,35-33+. The highest BCUT2D eigenvalue weighted by Gasteiger charge is 2.51. The Balaban J connectivity index is 1.92. The first-order chi connectivity index (χ1) is 32.1. The van der Waals surface area contributed by atoms with Crippen molar-refractivity contribution in [3.8, 4) is 0 Å². The van der Waals surface area contributed by atoms with Crippen molar-refractivity contribution >= 4 is 5.91 Å². The summed E-state index contributed by atoms with van der Waals surface area (Å²) in [7, 11) is 0. The Morgan fingerprint density at radius 3 is 1.67 bits per heavy atom. The number of carbonyl (C=O) groups is 1. The highest BCUT2D eigenvalue weighted by atomic mass is 16.7. The van der Waals surface area contributed by atoms with E-state index in [4.69, 9.17) is 18.9 Å². The minimum Gasteiger partial charge on any atom is -0.394 e. The van der Waals surface area contributed by atoms with Gasteiger partial charge in [0, 0.05) is 6.42 Å². The van der Waals surface area contributed by atoms with Gasteiger partial charge < -0.3 is 65.1 Å². The molecule has 0 radical (unpaired) electrons. The quantitative estimate of drug-likeness (QED) is 0.0252. The maximum absolute atomic E-state index is 13.1. The molecule has 2 heterocycles. The van der Waals surface area contributed by atoms with Crippen LogP contribution in [0.15, 0.2) is 85.1 Å².